The topological polar surface area (TPSA) is 38.3 Å². The van der Waals surface area contributed by atoms with Crippen LogP contribution >= 0.6 is 0 Å². The SMILES string of the molecule is COc1ccc(NCC2CCC(=O)CC2)cc1. The first-order chi connectivity index (χ1) is 8.28. The maximum Gasteiger partial charge on any atom is 0.132 e. The van der Waals surface area contributed by atoms with Crippen LogP contribution in [-0.2, 0) is 4.79 Å². The van der Waals surface area contributed by atoms with E-state index >= 15 is 0 Å². The van der Waals surface area contributed by atoms with Crippen LogP contribution < -0.4 is 10.1 Å². The predicted molar refractivity (Wildman–Crippen MR) is 68.4 cm³/mol. The molecule has 0 spiro atoms. The van der Waals surface area contributed by atoms with E-state index in [1.165, 1.54) is 0 Å². The lowest BCUT2D eigenvalue weighted by molar-refractivity contribution is -0.120. The van der Waals surface area contributed by atoms with Crippen molar-refractivity contribution in [3.8, 4) is 5.75 Å². The molecule has 0 heterocycles. The molecule has 1 aliphatic carbocycles. The van der Waals surface area contributed by atoms with Gasteiger partial charge in [-0.2, -0.15) is 0 Å². The van der Waals surface area contributed by atoms with Gasteiger partial charge in [0.05, 0.1) is 7.11 Å². The molecular formula is C14H19NO2. The fraction of sp³-hybridized carbons (Fsp3) is 0.500. The first-order valence-electron chi connectivity index (χ1n) is 6.17. The van der Waals surface area contributed by atoms with Crippen molar-refractivity contribution in [1.82, 2.24) is 0 Å². The van der Waals surface area contributed by atoms with Crippen molar-refractivity contribution in [2.75, 3.05) is 19.0 Å². The number of hydrogen-bond donors (Lipinski definition) is 1. The second-order valence-electron chi connectivity index (χ2n) is 4.59. The molecule has 1 N–H and O–H groups in total. The van der Waals surface area contributed by atoms with Crippen LogP contribution in [0.5, 0.6) is 5.75 Å². The first-order valence-corrected chi connectivity index (χ1v) is 6.17. The molecule has 92 valence electrons. The fourth-order valence-electron chi connectivity index (χ4n) is 2.17. The van der Waals surface area contributed by atoms with Crippen molar-refractivity contribution in [2.24, 2.45) is 5.92 Å². The number of rotatable bonds is 4. The molecule has 0 unspecified atom stereocenters. The first kappa shape index (κ1) is 12.0. The largest absolute Gasteiger partial charge is 0.497 e. The molecule has 0 atom stereocenters. The van der Waals surface area contributed by atoms with Crippen molar-refractivity contribution < 1.29 is 9.53 Å². The van der Waals surface area contributed by atoms with Gasteiger partial charge in [0.2, 0.25) is 0 Å². The van der Waals surface area contributed by atoms with Gasteiger partial charge >= 0.3 is 0 Å². The van der Waals surface area contributed by atoms with Gasteiger partial charge in [-0.25, -0.2) is 0 Å². The number of Topliss-reactive ketones (excluding diaryl/α,β-unsaturated/α-hetero) is 1. The Kier molecular flexibility index (Phi) is 4.02. The normalized spacial score (nSPS) is 16.9. The Morgan fingerprint density at radius 2 is 1.88 bits per heavy atom. The number of ether oxygens (including phenoxy) is 1. The van der Waals surface area contributed by atoms with E-state index in [4.69, 9.17) is 4.74 Å². The van der Waals surface area contributed by atoms with Crippen molar-refractivity contribution in [3.63, 3.8) is 0 Å². The number of methoxy groups -OCH3 is 1. The minimum Gasteiger partial charge on any atom is -0.497 e. The van der Waals surface area contributed by atoms with E-state index in [0.717, 1.165) is 43.7 Å². The molecule has 3 nitrogen and oxygen atoms in total. The molecule has 1 fully saturated rings. The molecule has 3 heteroatoms. The maximum absolute atomic E-state index is 11.1. The van der Waals surface area contributed by atoms with Gasteiger partial charge < -0.3 is 10.1 Å². The lowest BCUT2D eigenvalue weighted by Gasteiger charge is -2.21. The summed E-state index contributed by atoms with van der Waals surface area (Å²) >= 11 is 0. The Bertz CT molecular complexity index is 362. The summed E-state index contributed by atoms with van der Waals surface area (Å²) in [6, 6.07) is 7.94. The molecule has 0 aromatic heterocycles. The molecule has 0 radical (unpaired) electrons. The van der Waals surface area contributed by atoms with Gasteiger partial charge in [0.15, 0.2) is 0 Å². The zero-order valence-electron chi connectivity index (χ0n) is 10.2. The number of carbonyl (C=O) groups excluding carboxylic acids is 1. The Morgan fingerprint density at radius 1 is 1.24 bits per heavy atom. The molecule has 0 saturated heterocycles. The molecular weight excluding hydrogens is 214 g/mol. The van der Waals surface area contributed by atoms with Crippen LogP contribution in [0, 0.1) is 5.92 Å². The molecule has 2 rings (SSSR count). The highest BCUT2D eigenvalue weighted by Crippen LogP contribution is 2.22. The third-order valence-corrected chi connectivity index (χ3v) is 3.35. The second-order valence-corrected chi connectivity index (χ2v) is 4.59. The van der Waals surface area contributed by atoms with Crippen molar-refractivity contribution in [3.05, 3.63) is 24.3 Å². The van der Waals surface area contributed by atoms with Gasteiger partial charge in [0.1, 0.15) is 11.5 Å². The highest BCUT2D eigenvalue weighted by Gasteiger charge is 2.18. The smallest absolute Gasteiger partial charge is 0.132 e. The molecule has 1 aromatic rings. The zero-order valence-corrected chi connectivity index (χ0v) is 10.2. The van der Waals surface area contributed by atoms with Gasteiger partial charge in [0, 0.05) is 25.1 Å². The van der Waals surface area contributed by atoms with Gasteiger partial charge in [-0.1, -0.05) is 0 Å². The summed E-state index contributed by atoms with van der Waals surface area (Å²) in [7, 11) is 1.67. The van der Waals surface area contributed by atoms with Crippen LogP contribution in [0.3, 0.4) is 0 Å². The minimum atomic E-state index is 0.422. The van der Waals surface area contributed by atoms with Gasteiger partial charge in [-0.15, -0.1) is 0 Å². The van der Waals surface area contributed by atoms with Crippen molar-refractivity contribution in [1.29, 1.82) is 0 Å². The Morgan fingerprint density at radius 3 is 2.47 bits per heavy atom. The minimum absolute atomic E-state index is 0.422. The maximum atomic E-state index is 11.1. The van der Waals surface area contributed by atoms with E-state index in [1.807, 2.05) is 24.3 Å². The Labute approximate surface area is 102 Å². The molecule has 1 aromatic carbocycles. The van der Waals surface area contributed by atoms with Crippen LogP contribution in [0.25, 0.3) is 0 Å². The average molecular weight is 233 g/mol. The number of carbonyl (C=O) groups is 1. The number of hydrogen-bond acceptors (Lipinski definition) is 3. The quantitative estimate of drug-likeness (QED) is 0.869. The molecule has 0 aliphatic heterocycles. The fourth-order valence-corrected chi connectivity index (χ4v) is 2.17. The van der Waals surface area contributed by atoms with Gasteiger partial charge in [-0.3, -0.25) is 4.79 Å². The summed E-state index contributed by atoms with van der Waals surface area (Å²) in [5.41, 5.74) is 1.11. The molecule has 0 amide bonds. The second kappa shape index (κ2) is 5.71. The molecule has 1 aliphatic rings. The lowest BCUT2D eigenvalue weighted by atomic mass is 9.88. The van der Waals surface area contributed by atoms with Crippen LogP contribution in [0.4, 0.5) is 5.69 Å². The number of benzene rings is 1. The Hall–Kier alpha value is -1.51. The van der Waals surface area contributed by atoms with E-state index < -0.39 is 0 Å². The van der Waals surface area contributed by atoms with Crippen LogP contribution in [-0.4, -0.2) is 19.4 Å². The molecule has 1 saturated carbocycles. The standard InChI is InChI=1S/C14H19NO2/c1-17-14-8-4-12(5-9-14)15-10-11-2-6-13(16)7-3-11/h4-5,8-9,11,15H,2-3,6-7,10H2,1H3. The monoisotopic (exact) mass is 233 g/mol. The highest BCUT2D eigenvalue weighted by molar-refractivity contribution is 5.79. The van der Waals surface area contributed by atoms with Gasteiger partial charge in [-0.05, 0) is 43.0 Å². The average Bonchev–Trinajstić information content (AvgIpc) is 2.39. The molecule has 0 bridgehead atoms. The van der Waals surface area contributed by atoms with Gasteiger partial charge in [0.25, 0.3) is 0 Å². The third kappa shape index (κ3) is 3.48. The van der Waals surface area contributed by atoms with Crippen LogP contribution in [0.15, 0.2) is 24.3 Å². The number of nitrogens with one attached hydrogen (secondary N) is 1. The summed E-state index contributed by atoms with van der Waals surface area (Å²) in [5.74, 6) is 1.93. The molecule has 17 heavy (non-hydrogen) atoms. The van der Waals surface area contributed by atoms with Crippen molar-refractivity contribution in [2.45, 2.75) is 25.7 Å². The van der Waals surface area contributed by atoms with E-state index in [1.54, 1.807) is 7.11 Å². The zero-order chi connectivity index (χ0) is 12.1. The summed E-state index contributed by atoms with van der Waals surface area (Å²) in [6.07, 6.45) is 3.58. The number of ketones is 1. The summed E-state index contributed by atoms with van der Waals surface area (Å²) < 4.78 is 5.11. The number of anilines is 1. The highest BCUT2D eigenvalue weighted by atomic mass is 16.5. The van der Waals surface area contributed by atoms with Crippen molar-refractivity contribution >= 4 is 11.5 Å². The predicted octanol–water partition coefficient (Wildman–Crippen LogP) is 2.87. The van der Waals surface area contributed by atoms with E-state index in [2.05, 4.69) is 5.32 Å². The van der Waals surface area contributed by atoms with E-state index in [9.17, 15) is 4.79 Å². The summed E-state index contributed by atoms with van der Waals surface area (Å²) in [4.78, 5) is 11.1. The summed E-state index contributed by atoms with van der Waals surface area (Å²) in [5, 5.41) is 3.41. The van der Waals surface area contributed by atoms with Crippen LogP contribution in [0.2, 0.25) is 0 Å². The Balaban J connectivity index is 1.79. The third-order valence-electron chi connectivity index (χ3n) is 3.35. The van der Waals surface area contributed by atoms with E-state index in [-0.39, 0.29) is 0 Å². The lowest BCUT2D eigenvalue weighted by Crippen LogP contribution is -2.20. The van der Waals surface area contributed by atoms with E-state index in [0.29, 0.717) is 11.7 Å². The summed E-state index contributed by atoms with van der Waals surface area (Å²) in [6.45, 7) is 0.958. The van der Waals surface area contributed by atoms with Crippen LogP contribution in [0.1, 0.15) is 25.7 Å².